The first-order valence-electron chi connectivity index (χ1n) is 12.6. The van der Waals surface area contributed by atoms with Crippen molar-refractivity contribution in [2.75, 3.05) is 5.75 Å². The van der Waals surface area contributed by atoms with Gasteiger partial charge in [0.15, 0.2) is 11.0 Å². The van der Waals surface area contributed by atoms with E-state index < -0.39 is 0 Å². The van der Waals surface area contributed by atoms with Crippen molar-refractivity contribution in [1.82, 2.24) is 25.1 Å². The average molecular weight is 498 g/mol. The van der Waals surface area contributed by atoms with E-state index in [0.29, 0.717) is 12.0 Å². The summed E-state index contributed by atoms with van der Waals surface area (Å²) >= 11 is 1.46. The van der Waals surface area contributed by atoms with Gasteiger partial charge >= 0.3 is 0 Å². The third-order valence-corrected chi connectivity index (χ3v) is 7.83. The summed E-state index contributed by atoms with van der Waals surface area (Å²) in [5, 5.41) is 13.1. The molecule has 1 aliphatic carbocycles. The minimum absolute atomic E-state index is 0.0353. The molecule has 6 nitrogen and oxygen atoms in total. The Hall–Kier alpha value is -3.45. The molecule has 2 aromatic heterocycles. The molecule has 0 saturated heterocycles. The largest absolute Gasteiger partial charge is 0.344 e. The van der Waals surface area contributed by atoms with Crippen LogP contribution in [0.1, 0.15) is 55.8 Å². The number of hydrogen-bond donors (Lipinski definition) is 1. The molecule has 0 radical (unpaired) electrons. The maximum absolute atomic E-state index is 13.2. The molecule has 1 N–H and O–H groups in total. The van der Waals surface area contributed by atoms with Crippen molar-refractivity contribution in [2.24, 2.45) is 5.92 Å². The zero-order chi connectivity index (χ0) is 24.7. The van der Waals surface area contributed by atoms with Crippen molar-refractivity contribution in [2.45, 2.75) is 49.8 Å². The van der Waals surface area contributed by atoms with E-state index in [4.69, 9.17) is 0 Å². The number of nitrogens with zero attached hydrogens (tertiary/aromatic N) is 4. The van der Waals surface area contributed by atoms with Crippen LogP contribution < -0.4 is 5.32 Å². The summed E-state index contributed by atoms with van der Waals surface area (Å²) in [6.45, 7) is 2.31. The van der Waals surface area contributed by atoms with Gasteiger partial charge in [-0.3, -0.25) is 14.3 Å². The molecule has 0 spiro atoms. The van der Waals surface area contributed by atoms with Crippen molar-refractivity contribution < 1.29 is 4.79 Å². The van der Waals surface area contributed by atoms with E-state index in [0.717, 1.165) is 34.1 Å². The molecule has 1 saturated carbocycles. The van der Waals surface area contributed by atoms with Crippen molar-refractivity contribution >= 4 is 17.7 Å². The third-order valence-electron chi connectivity index (χ3n) is 6.89. The smallest absolute Gasteiger partial charge is 0.231 e. The maximum atomic E-state index is 13.2. The predicted octanol–water partition coefficient (Wildman–Crippen LogP) is 6.09. The van der Waals surface area contributed by atoms with Crippen molar-refractivity contribution in [3.05, 3.63) is 96.3 Å². The molecule has 1 amide bonds. The van der Waals surface area contributed by atoms with E-state index in [1.165, 1.54) is 31.0 Å². The highest BCUT2D eigenvalue weighted by atomic mass is 32.2. The molecule has 5 rings (SSSR count). The highest BCUT2D eigenvalue weighted by molar-refractivity contribution is 7.99. The van der Waals surface area contributed by atoms with Crippen LogP contribution in [0.3, 0.4) is 0 Å². The normalized spacial score (nSPS) is 17.7. The second-order valence-corrected chi connectivity index (χ2v) is 10.3. The Morgan fingerprint density at radius 1 is 0.972 bits per heavy atom. The summed E-state index contributed by atoms with van der Waals surface area (Å²) in [6.07, 6.45) is 8.34. The van der Waals surface area contributed by atoms with Crippen LogP contribution >= 0.6 is 11.8 Å². The molecular weight excluding hydrogens is 466 g/mol. The molecule has 2 aromatic carbocycles. The maximum Gasteiger partial charge on any atom is 0.231 e. The Labute approximate surface area is 216 Å². The molecule has 2 atom stereocenters. The first kappa shape index (κ1) is 24.3. The number of carbonyl (C=O) groups excluding carboxylic acids is 1. The number of nitrogens with one attached hydrogen (secondary N) is 1. The SMILES string of the molecule is C[C@@H]1CCCC[C@H]1n1c(SCC(=O)NC(c2ccccc2)c2ccccc2)nnc1-c1cccnc1. The monoisotopic (exact) mass is 497 g/mol. The molecule has 1 aliphatic rings. The molecule has 0 bridgehead atoms. The van der Waals surface area contributed by atoms with Crippen molar-refractivity contribution in [3.63, 3.8) is 0 Å². The Morgan fingerprint density at radius 3 is 2.31 bits per heavy atom. The lowest BCUT2D eigenvalue weighted by Crippen LogP contribution is -2.31. The van der Waals surface area contributed by atoms with Crippen molar-refractivity contribution in [3.8, 4) is 11.4 Å². The van der Waals surface area contributed by atoms with Gasteiger partial charge in [0.05, 0.1) is 11.8 Å². The van der Waals surface area contributed by atoms with Gasteiger partial charge in [0.25, 0.3) is 0 Å². The fourth-order valence-electron chi connectivity index (χ4n) is 5.03. The number of thioether (sulfide) groups is 1. The molecule has 4 aromatic rings. The fourth-order valence-corrected chi connectivity index (χ4v) is 5.83. The first-order valence-corrected chi connectivity index (χ1v) is 13.6. The van der Waals surface area contributed by atoms with Gasteiger partial charge in [0.2, 0.25) is 5.91 Å². The zero-order valence-electron chi connectivity index (χ0n) is 20.5. The molecular formula is C29H31N5OS. The van der Waals surface area contributed by atoms with Crippen LogP contribution in [0.5, 0.6) is 0 Å². The van der Waals surface area contributed by atoms with E-state index in [9.17, 15) is 4.79 Å². The second-order valence-electron chi connectivity index (χ2n) is 9.36. The molecule has 1 fully saturated rings. The van der Waals surface area contributed by atoms with E-state index in [1.54, 1.807) is 6.20 Å². The summed E-state index contributed by atoms with van der Waals surface area (Å²) in [7, 11) is 0. The van der Waals surface area contributed by atoms with Gasteiger partial charge in [0, 0.05) is 24.0 Å². The Bertz CT molecular complexity index is 1220. The predicted molar refractivity (Wildman–Crippen MR) is 144 cm³/mol. The van der Waals surface area contributed by atoms with Crippen LogP contribution in [-0.4, -0.2) is 31.4 Å². The van der Waals surface area contributed by atoms with Gasteiger partial charge in [-0.05, 0) is 42.0 Å². The Kier molecular flexibility index (Phi) is 7.76. The number of hydrogen-bond acceptors (Lipinski definition) is 5. The van der Waals surface area contributed by atoms with Crippen LogP contribution in [0.25, 0.3) is 11.4 Å². The van der Waals surface area contributed by atoms with Gasteiger partial charge in [0.1, 0.15) is 0 Å². The molecule has 184 valence electrons. The molecule has 0 unspecified atom stereocenters. The topological polar surface area (TPSA) is 72.7 Å². The number of pyridine rings is 1. The molecule has 0 aliphatic heterocycles. The number of amides is 1. The minimum Gasteiger partial charge on any atom is -0.344 e. The van der Waals surface area contributed by atoms with E-state index in [1.807, 2.05) is 79.0 Å². The lowest BCUT2D eigenvalue weighted by Gasteiger charge is -2.31. The van der Waals surface area contributed by atoms with Gasteiger partial charge in [-0.25, -0.2) is 0 Å². The summed E-state index contributed by atoms with van der Waals surface area (Å²) < 4.78 is 2.25. The number of rotatable bonds is 8. The average Bonchev–Trinajstić information content (AvgIpc) is 3.36. The molecule has 2 heterocycles. The third kappa shape index (κ3) is 5.51. The van der Waals surface area contributed by atoms with Crippen LogP contribution in [0.4, 0.5) is 0 Å². The van der Waals surface area contributed by atoms with E-state index in [-0.39, 0.29) is 17.7 Å². The van der Waals surface area contributed by atoms with Crippen LogP contribution in [0, 0.1) is 5.92 Å². The summed E-state index contributed by atoms with van der Waals surface area (Å²) in [4.78, 5) is 17.5. The summed E-state index contributed by atoms with van der Waals surface area (Å²) in [5.74, 6) is 1.59. The van der Waals surface area contributed by atoms with Crippen LogP contribution in [0.15, 0.2) is 90.3 Å². The standard InChI is InChI=1S/C29H31N5OS/c1-21-11-8-9-17-25(21)34-28(24-16-10-18-30-19-24)32-33-29(34)36-20-26(35)31-27(22-12-4-2-5-13-22)23-14-6-3-7-15-23/h2-7,10,12-16,18-19,21,25,27H,8-9,11,17,20H2,1H3,(H,31,35)/t21-,25-/m1/s1. The highest BCUT2D eigenvalue weighted by Crippen LogP contribution is 2.39. The quantitative estimate of drug-likeness (QED) is 0.298. The Morgan fingerprint density at radius 2 is 1.67 bits per heavy atom. The second kappa shape index (κ2) is 11.5. The molecule has 7 heteroatoms. The van der Waals surface area contributed by atoms with Gasteiger partial charge < -0.3 is 5.32 Å². The lowest BCUT2D eigenvalue weighted by molar-refractivity contribution is -0.119. The van der Waals surface area contributed by atoms with Gasteiger partial charge in [-0.2, -0.15) is 0 Å². The van der Waals surface area contributed by atoms with E-state index >= 15 is 0 Å². The van der Waals surface area contributed by atoms with Crippen LogP contribution in [-0.2, 0) is 4.79 Å². The Balaban J connectivity index is 1.37. The molecule has 36 heavy (non-hydrogen) atoms. The summed E-state index contributed by atoms with van der Waals surface area (Å²) in [6, 6.07) is 24.2. The fraction of sp³-hybridized carbons (Fsp3) is 0.310. The number of carbonyl (C=O) groups is 1. The van der Waals surface area contributed by atoms with Crippen molar-refractivity contribution in [1.29, 1.82) is 0 Å². The number of aromatic nitrogens is 4. The first-order chi connectivity index (χ1) is 17.7. The number of benzene rings is 2. The van der Waals surface area contributed by atoms with Crippen LogP contribution in [0.2, 0.25) is 0 Å². The van der Waals surface area contributed by atoms with Gasteiger partial charge in [-0.15, -0.1) is 10.2 Å². The summed E-state index contributed by atoms with van der Waals surface area (Å²) in [5.41, 5.74) is 3.06. The van der Waals surface area contributed by atoms with E-state index in [2.05, 4.69) is 32.0 Å². The highest BCUT2D eigenvalue weighted by Gasteiger charge is 2.29. The zero-order valence-corrected chi connectivity index (χ0v) is 21.3. The van der Waals surface area contributed by atoms with Gasteiger partial charge in [-0.1, -0.05) is 92.2 Å². The minimum atomic E-state index is -0.206. The lowest BCUT2D eigenvalue weighted by atomic mass is 9.85.